The van der Waals surface area contributed by atoms with Crippen LogP contribution < -0.4 is 10.5 Å². The Kier molecular flexibility index (Phi) is 4.22. The number of aromatic nitrogens is 1. The van der Waals surface area contributed by atoms with Gasteiger partial charge in [-0.3, -0.25) is 0 Å². The summed E-state index contributed by atoms with van der Waals surface area (Å²) in [7, 11) is 1.53. The topological polar surface area (TPSA) is 40.2 Å². The molecule has 1 aromatic carbocycles. The molecule has 0 saturated heterocycles. The van der Waals surface area contributed by atoms with Crippen molar-refractivity contribution in [2.24, 2.45) is 5.73 Å². The van der Waals surface area contributed by atoms with Gasteiger partial charge in [0, 0.05) is 36.6 Å². The molecule has 0 spiro atoms. The summed E-state index contributed by atoms with van der Waals surface area (Å²) in [6, 6.07) is 6.93. The average Bonchev–Trinajstić information content (AvgIpc) is 2.88. The van der Waals surface area contributed by atoms with Crippen LogP contribution in [0.15, 0.2) is 36.7 Å². The van der Waals surface area contributed by atoms with Crippen molar-refractivity contribution >= 4 is 0 Å². The molecule has 1 aromatic heterocycles. The maximum absolute atomic E-state index is 13.8. The molecule has 0 aliphatic rings. The van der Waals surface area contributed by atoms with E-state index in [9.17, 15) is 4.39 Å². The van der Waals surface area contributed by atoms with Gasteiger partial charge in [0.15, 0.2) is 0 Å². The summed E-state index contributed by atoms with van der Waals surface area (Å²) in [5.41, 5.74) is 7.68. The van der Waals surface area contributed by atoms with E-state index < -0.39 is 0 Å². The standard InChI is InChI=1S/C15H19FN2O/c1-3-15(17)12-6-7-18(10-12)9-11-4-5-13(19-2)8-14(11)16/h4-8,10,15H,3,9,17H2,1-2H3. The molecular formula is C15H19FN2O. The first-order valence-electron chi connectivity index (χ1n) is 6.37. The first-order valence-corrected chi connectivity index (χ1v) is 6.37. The van der Waals surface area contributed by atoms with Gasteiger partial charge in [-0.2, -0.15) is 0 Å². The molecule has 1 atom stereocenters. The quantitative estimate of drug-likeness (QED) is 0.899. The van der Waals surface area contributed by atoms with Crippen molar-refractivity contribution in [3.63, 3.8) is 0 Å². The lowest BCUT2D eigenvalue weighted by Crippen LogP contribution is -2.07. The summed E-state index contributed by atoms with van der Waals surface area (Å²) in [5, 5.41) is 0. The molecule has 0 aliphatic carbocycles. The van der Waals surface area contributed by atoms with Crippen molar-refractivity contribution in [2.45, 2.75) is 25.9 Å². The lowest BCUT2D eigenvalue weighted by molar-refractivity contribution is 0.410. The van der Waals surface area contributed by atoms with E-state index in [1.807, 2.05) is 30.0 Å². The molecule has 102 valence electrons. The summed E-state index contributed by atoms with van der Waals surface area (Å²) in [6.45, 7) is 2.54. The molecule has 2 rings (SSSR count). The second-order valence-electron chi connectivity index (χ2n) is 4.59. The maximum atomic E-state index is 13.8. The van der Waals surface area contributed by atoms with E-state index in [-0.39, 0.29) is 11.9 Å². The van der Waals surface area contributed by atoms with Crippen LogP contribution in [0.5, 0.6) is 5.75 Å². The third-order valence-electron chi connectivity index (χ3n) is 3.25. The largest absolute Gasteiger partial charge is 0.497 e. The van der Waals surface area contributed by atoms with Gasteiger partial charge < -0.3 is 15.0 Å². The summed E-state index contributed by atoms with van der Waals surface area (Å²) in [5.74, 6) is 0.275. The van der Waals surface area contributed by atoms with Gasteiger partial charge in [0.05, 0.1) is 7.11 Å². The Balaban J connectivity index is 2.15. The highest BCUT2D eigenvalue weighted by atomic mass is 19.1. The smallest absolute Gasteiger partial charge is 0.131 e. The fourth-order valence-electron chi connectivity index (χ4n) is 1.99. The van der Waals surface area contributed by atoms with E-state index in [1.165, 1.54) is 13.2 Å². The SMILES string of the molecule is CCC(N)c1ccn(Cc2ccc(OC)cc2F)c1. The third-order valence-corrected chi connectivity index (χ3v) is 3.25. The molecule has 0 bridgehead atoms. The normalized spacial score (nSPS) is 12.4. The number of benzene rings is 1. The zero-order chi connectivity index (χ0) is 13.8. The average molecular weight is 262 g/mol. The summed E-state index contributed by atoms with van der Waals surface area (Å²) in [6.07, 6.45) is 4.78. The zero-order valence-corrected chi connectivity index (χ0v) is 11.3. The highest BCUT2D eigenvalue weighted by Gasteiger charge is 2.08. The van der Waals surface area contributed by atoms with E-state index >= 15 is 0 Å². The molecule has 2 aromatic rings. The molecule has 3 nitrogen and oxygen atoms in total. The molecular weight excluding hydrogens is 243 g/mol. The highest BCUT2D eigenvalue weighted by Crippen LogP contribution is 2.19. The number of ether oxygens (including phenoxy) is 1. The summed E-state index contributed by atoms with van der Waals surface area (Å²) < 4.78 is 20.8. The minimum Gasteiger partial charge on any atom is -0.497 e. The van der Waals surface area contributed by atoms with Crippen molar-refractivity contribution < 1.29 is 9.13 Å². The number of halogens is 1. The predicted molar refractivity (Wildman–Crippen MR) is 73.7 cm³/mol. The third kappa shape index (κ3) is 3.15. The fraction of sp³-hybridized carbons (Fsp3) is 0.333. The van der Waals surface area contributed by atoms with Gasteiger partial charge in [-0.15, -0.1) is 0 Å². The Hall–Kier alpha value is -1.81. The molecule has 0 amide bonds. The van der Waals surface area contributed by atoms with Crippen LogP contribution in [0.2, 0.25) is 0 Å². The molecule has 0 aliphatic heterocycles. The van der Waals surface area contributed by atoms with Crippen LogP contribution in [0.1, 0.15) is 30.5 Å². The highest BCUT2D eigenvalue weighted by molar-refractivity contribution is 5.29. The number of methoxy groups -OCH3 is 1. The van der Waals surface area contributed by atoms with Gasteiger partial charge in [0.25, 0.3) is 0 Å². The zero-order valence-electron chi connectivity index (χ0n) is 11.3. The van der Waals surface area contributed by atoms with Crippen LogP contribution in [0.25, 0.3) is 0 Å². The van der Waals surface area contributed by atoms with E-state index in [0.29, 0.717) is 17.9 Å². The van der Waals surface area contributed by atoms with E-state index in [2.05, 4.69) is 0 Å². The Morgan fingerprint density at radius 2 is 2.16 bits per heavy atom. The van der Waals surface area contributed by atoms with Crippen LogP contribution in [0.3, 0.4) is 0 Å². The minimum absolute atomic E-state index is 0.0435. The Morgan fingerprint density at radius 3 is 2.79 bits per heavy atom. The van der Waals surface area contributed by atoms with Crippen molar-refractivity contribution in [3.05, 3.63) is 53.6 Å². The summed E-state index contributed by atoms with van der Waals surface area (Å²) in [4.78, 5) is 0. The first kappa shape index (κ1) is 13.6. The Labute approximate surface area is 112 Å². The number of nitrogens with zero attached hydrogens (tertiary/aromatic N) is 1. The molecule has 1 heterocycles. The molecule has 0 radical (unpaired) electrons. The van der Waals surface area contributed by atoms with Crippen LogP contribution in [0.4, 0.5) is 4.39 Å². The van der Waals surface area contributed by atoms with E-state index in [0.717, 1.165) is 12.0 Å². The lowest BCUT2D eigenvalue weighted by Gasteiger charge is -2.08. The van der Waals surface area contributed by atoms with Gasteiger partial charge in [-0.25, -0.2) is 4.39 Å². The number of nitrogens with two attached hydrogens (primary N) is 1. The molecule has 0 saturated carbocycles. The monoisotopic (exact) mass is 262 g/mol. The van der Waals surface area contributed by atoms with Crippen LogP contribution in [-0.2, 0) is 6.54 Å². The van der Waals surface area contributed by atoms with Gasteiger partial charge in [0.1, 0.15) is 11.6 Å². The second-order valence-corrected chi connectivity index (χ2v) is 4.59. The molecule has 1 unspecified atom stereocenters. The van der Waals surface area contributed by atoms with Crippen molar-refractivity contribution in [2.75, 3.05) is 7.11 Å². The lowest BCUT2D eigenvalue weighted by atomic mass is 10.1. The number of hydrogen-bond acceptors (Lipinski definition) is 2. The van der Waals surface area contributed by atoms with Crippen molar-refractivity contribution in [3.8, 4) is 5.75 Å². The Bertz CT molecular complexity index is 551. The number of rotatable bonds is 5. The van der Waals surface area contributed by atoms with Crippen LogP contribution in [-0.4, -0.2) is 11.7 Å². The van der Waals surface area contributed by atoms with E-state index in [1.54, 1.807) is 12.1 Å². The Morgan fingerprint density at radius 1 is 1.37 bits per heavy atom. The molecule has 0 fully saturated rings. The van der Waals surface area contributed by atoms with E-state index in [4.69, 9.17) is 10.5 Å². The first-order chi connectivity index (χ1) is 9.13. The fourth-order valence-corrected chi connectivity index (χ4v) is 1.99. The van der Waals surface area contributed by atoms with Crippen molar-refractivity contribution in [1.29, 1.82) is 0 Å². The minimum atomic E-state index is -0.255. The molecule has 2 N–H and O–H groups in total. The van der Waals surface area contributed by atoms with Gasteiger partial charge in [-0.05, 0) is 24.1 Å². The predicted octanol–water partition coefficient (Wildman–Crippen LogP) is 3.09. The summed E-state index contributed by atoms with van der Waals surface area (Å²) >= 11 is 0. The second kappa shape index (κ2) is 5.89. The van der Waals surface area contributed by atoms with Crippen molar-refractivity contribution in [1.82, 2.24) is 4.57 Å². The van der Waals surface area contributed by atoms with Gasteiger partial charge in [-0.1, -0.05) is 13.0 Å². The maximum Gasteiger partial charge on any atom is 0.131 e. The molecule has 19 heavy (non-hydrogen) atoms. The van der Waals surface area contributed by atoms with Crippen LogP contribution >= 0.6 is 0 Å². The van der Waals surface area contributed by atoms with Gasteiger partial charge >= 0.3 is 0 Å². The number of hydrogen-bond donors (Lipinski definition) is 1. The van der Waals surface area contributed by atoms with Crippen LogP contribution in [0, 0.1) is 5.82 Å². The van der Waals surface area contributed by atoms with Gasteiger partial charge in [0.2, 0.25) is 0 Å². The molecule has 4 heteroatoms.